The molecule has 12 heteroatoms. The number of thiophene rings is 1. The van der Waals surface area contributed by atoms with Crippen LogP contribution >= 0.6 is 11.3 Å². The van der Waals surface area contributed by atoms with Gasteiger partial charge in [-0.2, -0.15) is 9.97 Å². The first-order valence-electron chi connectivity index (χ1n) is 11.0. The van der Waals surface area contributed by atoms with Crippen LogP contribution in [0.3, 0.4) is 0 Å². The Balaban J connectivity index is 1.61. The Kier molecular flexibility index (Phi) is 5.29. The summed E-state index contributed by atoms with van der Waals surface area (Å²) >= 11 is 1.59. The Morgan fingerprint density at radius 1 is 1.11 bits per heavy atom. The number of imidazole rings is 1. The van der Waals surface area contributed by atoms with Crippen LogP contribution in [0.15, 0.2) is 48.1 Å². The summed E-state index contributed by atoms with van der Waals surface area (Å²) < 4.78 is 7.84. The monoisotopic (exact) mass is 490 g/mol. The molecule has 1 saturated heterocycles. The molecule has 0 bridgehead atoms. The van der Waals surface area contributed by atoms with Crippen molar-refractivity contribution >= 4 is 45.3 Å². The van der Waals surface area contributed by atoms with E-state index in [4.69, 9.17) is 21.2 Å². The third kappa shape index (κ3) is 3.67. The van der Waals surface area contributed by atoms with E-state index >= 15 is 0 Å². The molecule has 0 amide bonds. The first-order valence-corrected chi connectivity index (χ1v) is 11.9. The van der Waals surface area contributed by atoms with Gasteiger partial charge in [0.25, 0.3) is 0 Å². The van der Waals surface area contributed by atoms with E-state index in [0.29, 0.717) is 17.0 Å². The maximum Gasteiger partial charge on any atom is 0.224 e. The van der Waals surface area contributed by atoms with Crippen LogP contribution in [0.25, 0.3) is 22.2 Å². The number of nitrogen functional groups attached to an aromatic ring is 2. The van der Waals surface area contributed by atoms with Crippen molar-refractivity contribution in [1.29, 1.82) is 0 Å². The Bertz CT molecular complexity index is 1520. The zero-order valence-corrected chi connectivity index (χ0v) is 19.2. The third-order valence-electron chi connectivity index (χ3n) is 6.20. The van der Waals surface area contributed by atoms with Crippen LogP contribution in [0.1, 0.15) is 34.8 Å². The molecule has 1 aromatic carbocycles. The molecule has 5 heterocycles. The average Bonchev–Trinajstić information content (AvgIpc) is 3.58. The Hall–Kier alpha value is -3.71. The first-order chi connectivity index (χ1) is 17.0. The summed E-state index contributed by atoms with van der Waals surface area (Å²) in [6, 6.07) is 9.92. The van der Waals surface area contributed by atoms with Crippen molar-refractivity contribution < 1.29 is 14.9 Å². The molecule has 0 saturated carbocycles. The Morgan fingerprint density at radius 3 is 2.69 bits per heavy atom. The molecule has 1 fully saturated rings. The highest BCUT2D eigenvalue weighted by Gasteiger charge is 2.38. The van der Waals surface area contributed by atoms with Crippen molar-refractivity contribution in [3.05, 3.63) is 64.4 Å². The van der Waals surface area contributed by atoms with Gasteiger partial charge in [0.2, 0.25) is 5.95 Å². The normalized spacial score (nSPS) is 21.1. The molecule has 1 aliphatic rings. The van der Waals surface area contributed by atoms with Gasteiger partial charge in [-0.15, -0.1) is 11.3 Å². The van der Waals surface area contributed by atoms with E-state index in [-0.39, 0.29) is 30.7 Å². The van der Waals surface area contributed by atoms with Crippen molar-refractivity contribution in [2.45, 2.75) is 30.8 Å². The number of hydrogen-bond acceptors (Lipinski definition) is 11. The van der Waals surface area contributed by atoms with Crippen LogP contribution in [0, 0.1) is 0 Å². The summed E-state index contributed by atoms with van der Waals surface area (Å²) in [4.78, 5) is 23.3. The van der Waals surface area contributed by atoms with Gasteiger partial charge in [-0.3, -0.25) is 14.5 Å². The van der Waals surface area contributed by atoms with Crippen molar-refractivity contribution in [1.82, 2.24) is 29.5 Å². The van der Waals surface area contributed by atoms with E-state index in [2.05, 4.69) is 19.9 Å². The van der Waals surface area contributed by atoms with Crippen LogP contribution in [0.5, 0.6) is 0 Å². The smallest absolute Gasteiger partial charge is 0.224 e. The number of aliphatic hydroxyl groups is 2. The topological polar surface area (TPSA) is 171 Å². The highest BCUT2D eigenvalue weighted by molar-refractivity contribution is 7.10. The van der Waals surface area contributed by atoms with Gasteiger partial charge < -0.3 is 26.4 Å². The lowest BCUT2D eigenvalue weighted by Gasteiger charge is -2.22. The minimum absolute atomic E-state index is 0.00797. The molecular weight excluding hydrogens is 468 g/mol. The van der Waals surface area contributed by atoms with Crippen molar-refractivity contribution in [2.24, 2.45) is 0 Å². The lowest BCUT2D eigenvalue weighted by Crippen LogP contribution is -2.24. The van der Waals surface area contributed by atoms with E-state index in [1.807, 2.05) is 40.3 Å². The predicted molar refractivity (Wildman–Crippen MR) is 131 cm³/mol. The molecular formula is C23H22N8O3S. The molecule has 0 spiro atoms. The van der Waals surface area contributed by atoms with Gasteiger partial charge >= 0.3 is 0 Å². The number of ether oxygens (including phenoxy) is 1. The van der Waals surface area contributed by atoms with Crippen LogP contribution in [-0.2, 0) is 4.74 Å². The quantitative estimate of drug-likeness (QED) is 0.285. The number of aromatic nitrogens is 6. The second-order valence-corrected chi connectivity index (χ2v) is 9.33. The summed E-state index contributed by atoms with van der Waals surface area (Å²) in [5.41, 5.74) is 15.4. The summed E-state index contributed by atoms with van der Waals surface area (Å²) in [6.07, 6.45) is 1.35. The summed E-state index contributed by atoms with van der Waals surface area (Å²) in [5, 5.41) is 22.1. The number of nitrogens with two attached hydrogens (primary N) is 2. The summed E-state index contributed by atoms with van der Waals surface area (Å²) in [5.74, 6) is 0.436. The minimum Gasteiger partial charge on any atom is -0.394 e. The number of fused-ring (bicyclic) bond motifs is 2. The number of rotatable bonds is 5. The third-order valence-corrected chi connectivity index (χ3v) is 7.13. The molecule has 6 N–H and O–H groups in total. The number of aliphatic hydroxyl groups excluding tert-OH is 2. The average molecular weight is 491 g/mol. The van der Waals surface area contributed by atoms with E-state index < -0.39 is 18.4 Å². The lowest BCUT2D eigenvalue weighted by molar-refractivity contribution is -0.0440. The zero-order chi connectivity index (χ0) is 24.1. The van der Waals surface area contributed by atoms with E-state index in [1.54, 1.807) is 23.7 Å². The largest absolute Gasteiger partial charge is 0.394 e. The van der Waals surface area contributed by atoms with Crippen molar-refractivity contribution in [2.75, 3.05) is 18.1 Å². The van der Waals surface area contributed by atoms with E-state index in [0.717, 1.165) is 21.5 Å². The second-order valence-electron chi connectivity index (χ2n) is 8.35. The molecule has 0 radical (unpaired) electrons. The van der Waals surface area contributed by atoms with Gasteiger partial charge in [0.05, 0.1) is 29.7 Å². The van der Waals surface area contributed by atoms with Crippen LogP contribution in [0.2, 0.25) is 0 Å². The maximum atomic E-state index is 10.5. The summed E-state index contributed by atoms with van der Waals surface area (Å²) in [7, 11) is 0. The zero-order valence-electron chi connectivity index (χ0n) is 18.4. The minimum atomic E-state index is -0.844. The van der Waals surface area contributed by atoms with Crippen LogP contribution < -0.4 is 11.5 Å². The standard InChI is InChI=1S/C23H22N8O3S/c24-20-19-22(30-23(25)29-20)31(17-9-14(33)15(10-32)34-17)21(28-19)18(16-2-1-7-35-16)11-3-4-12-13(8-11)27-6-5-26-12/h1-8,14-15,17-18,32-33H,9-10H2,(H4,24,25,29,30)/t14-,15+,17+,18?/m0/s1. The van der Waals surface area contributed by atoms with Crippen LogP contribution in [0.4, 0.5) is 11.8 Å². The van der Waals surface area contributed by atoms with Gasteiger partial charge in [-0.05, 0) is 29.1 Å². The lowest BCUT2D eigenvalue weighted by atomic mass is 9.95. The molecule has 5 aromatic rings. The maximum absolute atomic E-state index is 10.5. The molecule has 1 unspecified atom stereocenters. The number of benzene rings is 1. The fourth-order valence-corrected chi connectivity index (χ4v) is 5.46. The van der Waals surface area contributed by atoms with E-state index in [9.17, 15) is 10.2 Å². The number of anilines is 2. The molecule has 178 valence electrons. The number of hydrogen-bond donors (Lipinski definition) is 4. The van der Waals surface area contributed by atoms with Gasteiger partial charge in [0.1, 0.15) is 18.2 Å². The van der Waals surface area contributed by atoms with Crippen molar-refractivity contribution in [3.63, 3.8) is 0 Å². The first kappa shape index (κ1) is 21.8. The van der Waals surface area contributed by atoms with Gasteiger partial charge in [0, 0.05) is 23.7 Å². The fraction of sp³-hybridized carbons (Fsp3) is 0.261. The molecule has 4 aromatic heterocycles. The van der Waals surface area contributed by atoms with Gasteiger partial charge in [-0.1, -0.05) is 12.1 Å². The van der Waals surface area contributed by atoms with E-state index in [1.165, 1.54) is 0 Å². The second kappa shape index (κ2) is 8.50. The van der Waals surface area contributed by atoms with Crippen LogP contribution in [-0.4, -0.2) is 58.5 Å². The molecule has 35 heavy (non-hydrogen) atoms. The number of nitrogens with zero attached hydrogens (tertiary/aromatic N) is 6. The molecule has 11 nitrogen and oxygen atoms in total. The molecule has 1 aliphatic heterocycles. The molecule has 4 atom stereocenters. The highest BCUT2D eigenvalue weighted by Crippen LogP contribution is 2.41. The fourth-order valence-electron chi connectivity index (χ4n) is 4.61. The SMILES string of the molecule is Nc1nc(N)c2nc(C(c3ccc4nccnc4c3)c3cccs3)n([C@H]3C[C@H](O)[C@@H](CO)O3)c2n1. The highest BCUT2D eigenvalue weighted by atomic mass is 32.1. The van der Waals surface area contributed by atoms with Gasteiger partial charge in [-0.25, -0.2) is 4.98 Å². The molecule has 6 rings (SSSR count). The predicted octanol–water partition coefficient (Wildman–Crippen LogP) is 1.82. The Morgan fingerprint density at radius 2 is 1.94 bits per heavy atom. The Labute approximate surface area is 203 Å². The van der Waals surface area contributed by atoms with Gasteiger partial charge in [0.15, 0.2) is 17.0 Å². The molecule has 0 aliphatic carbocycles. The summed E-state index contributed by atoms with van der Waals surface area (Å²) in [6.45, 7) is -0.309. The van der Waals surface area contributed by atoms with Crippen molar-refractivity contribution in [3.8, 4) is 0 Å².